The van der Waals surface area contributed by atoms with E-state index < -0.39 is 5.97 Å². The number of carboxylic acid groups (broad SMARTS) is 1. The van der Waals surface area contributed by atoms with Crippen LogP contribution in [0.25, 0.3) is 0 Å². The Morgan fingerprint density at radius 1 is 1.69 bits per heavy atom. The third-order valence-corrected chi connectivity index (χ3v) is 2.37. The average Bonchev–Trinajstić information content (AvgIpc) is 2.10. The fourth-order valence-electron chi connectivity index (χ4n) is 0.588. The Labute approximate surface area is 81.4 Å². The van der Waals surface area contributed by atoms with Crippen molar-refractivity contribution in [2.24, 2.45) is 0 Å². The largest absolute Gasteiger partial charge is 0.481 e. The molecule has 1 unspecified atom stereocenters. The third kappa shape index (κ3) is 6.21. The standard InChI is InChI=1S/C8H13NO3S/c1-3-4-9-8(12)6(2)13-5-7(10)11/h3,6H,1,4-5H2,2H3,(H,9,12)(H,10,11). The van der Waals surface area contributed by atoms with E-state index in [1.807, 2.05) is 0 Å². The molecule has 0 heterocycles. The van der Waals surface area contributed by atoms with Crippen LogP contribution < -0.4 is 5.32 Å². The van der Waals surface area contributed by atoms with Crippen LogP contribution in [0.4, 0.5) is 0 Å². The molecule has 4 nitrogen and oxygen atoms in total. The van der Waals surface area contributed by atoms with Gasteiger partial charge in [-0.05, 0) is 6.92 Å². The van der Waals surface area contributed by atoms with Crippen molar-refractivity contribution in [3.63, 3.8) is 0 Å². The van der Waals surface area contributed by atoms with Crippen molar-refractivity contribution in [3.8, 4) is 0 Å². The highest BCUT2D eigenvalue weighted by Crippen LogP contribution is 2.09. The molecule has 0 aliphatic rings. The van der Waals surface area contributed by atoms with Gasteiger partial charge >= 0.3 is 5.97 Å². The summed E-state index contributed by atoms with van der Waals surface area (Å²) in [6, 6.07) is 0. The van der Waals surface area contributed by atoms with Crippen LogP contribution in [0.3, 0.4) is 0 Å². The highest BCUT2D eigenvalue weighted by molar-refractivity contribution is 8.01. The molecule has 0 aliphatic heterocycles. The van der Waals surface area contributed by atoms with Gasteiger partial charge in [-0.25, -0.2) is 0 Å². The summed E-state index contributed by atoms with van der Waals surface area (Å²) in [6.07, 6.45) is 1.58. The summed E-state index contributed by atoms with van der Waals surface area (Å²) in [5.41, 5.74) is 0. The molecule has 74 valence electrons. The van der Waals surface area contributed by atoms with E-state index in [-0.39, 0.29) is 16.9 Å². The molecule has 0 aromatic rings. The van der Waals surface area contributed by atoms with E-state index in [4.69, 9.17) is 5.11 Å². The zero-order chi connectivity index (χ0) is 10.3. The summed E-state index contributed by atoms with van der Waals surface area (Å²) in [4.78, 5) is 21.3. The van der Waals surface area contributed by atoms with Gasteiger partial charge in [-0.3, -0.25) is 9.59 Å². The zero-order valence-corrected chi connectivity index (χ0v) is 8.26. The molecule has 0 radical (unpaired) electrons. The number of carboxylic acids is 1. The Balaban J connectivity index is 3.68. The molecule has 5 heteroatoms. The van der Waals surface area contributed by atoms with Crippen molar-refractivity contribution in [2.75, 3.05) is 12.3 Å². The maximum absolute atomic E-state index is 11.1. The first-order chi connectivity index (χ1) is 6.07. The molecule has 2 N–H and O–H groups in total. The third-order valence-electron chi connectivity index (χ3n) is 1.25. The lowest BCUT2D eigenvalue weighted by Gasteiger charge is -2.08. The zero-order valence-electron chi connectivity index (χ0n) is 7.45. The number of carbonyl (C=O) groups is 2. The molecule has 0 fully saturated rings. The lowest BCUT2D eigenvalue weighted by Crippen LogP contribution is -2.31. The van der Waals surface area contributed by atoms with Gasteiger partial charge in [0.1, 0.15) is 0 Å². The molecule has 0 spiro atoms. The highest BCUT2D eigenvalue weighted by Gasteiger charge is 2.13. The monoisotopic (exact) mass is 203 g/mol. The summed E-state index contributed by atoms with van der Waals surface area (Å²) in [5, 5.41) is 10.6. The van der Waals surface area contributed by atoms with E-state index in [0.717, 1.165) is 11.8 Å². The molecular formula is C8H13NO3S. The van der Waals surface area contributed by atoms with Gasteiger partial charge in [-0.15, -0.1) is 18.3 Å². The van der Waals surface area contributed by atoms with Crippen LogP contribution in [-0.4, -0.2) is 34.5 Å². The second kappa shape index (κ2) is 6.54. The minimum atomic E-state index is -0.909. The molecule has 0 aliphatic carbocycles. The summed E-state index contributed by atoms with van der Waals surface area (Å²) >= 11 is 1.10. The molecule has 0 saturated carbocycles. The summed E-state index contributed by atoms with van der Waals surface area (Å²) in [5.74, 6) is -1.12. The van der Waals surface area contributed by atoms with E-state index in [0.29, 0.717) is 6.54 Å². The van der Waals surface area contributed by atoms with Crippen LogP contribution >= 0.6 is 11.8 Å². The Bertz CT molecular complexity index is 206. The van der Waals surface area contributed by atoms with Gasteiger partial charge in [0.05, 0.1) is 11.0 Å². The summed E-state index contributed by atoms with van der Waals surface area (Å²) in [7, 11) is 0. The van der Waals surface area contributed by atoms with E-state index in [9.17, 15) is 9.59 Å². The lowest BCUT2D eigenvalue weighted by atomic mass is 10.4. The van der Waals surface area contributed by atoms with Crippen LogP contribution in [-0.2, 0) is 9.59 Å². The Hall–Kier alpha value is -0.970. The topological polar surface area (TPSA) is 66.4 Å². The molecule has 0 rings (SSSR count). The van der Waals surface area contributed by atoms with Crippen molar-refractivity contribution >= 4 is 23.6 Å². The minimum Gasteiger partial charge on any atom is -0.481 e. The number of amides is 1. The number of hydrogen-bond acceptors (Lipinski definition) is 3. The van der Waals surface area contributed by atoms with Gasteiger partial charge in [0.25, 0.3) is 0 Å². The first-order valence-corrected chi connectivity index (χ1v) is 4.84. The number of rotatable bonds is 6. The minimum absolute atomic E-state index is 0.0529. The van der Waals surface area contributed by atoms with Crippen LogP contribution in [0.5, 0.6) is 0 Å². The van der Waals surface area contributed by atoms with Crippen LogP contribution in [0.15, 0.2) is 12.7 Å². The first kappa shape index (κ1) is 12.0. The summed E-state index contributed by atoms with van der Waals surface area (Å²) in [6.45, 7) is 5.54. The maximum Gasteiger partial charge on any atom is 0.313 e. The van der Waals surface area contributed by atoms with Crippen molar-refractivity contribution in [1.82, 2.24) is 5.32 Å². The van der Waals surface area contributed by atoms with Crippen LogP contribution in [0.1, 0.15) is 6.92 Å². The molecular weight excluding hydrogens is 190 g/mol. The Kier molecular flexibility index (Phi) is 6.05. The second-order valence-corrected chi connectivity index (χ2v) is 3.71. The van der Waals surface area contributed by atoms with Gasteiger partial charge in [0, 0.05) is 6.54 Å². The number of aliphatic carboxylic acids is 1. The lowest BCUT2D eigenvalue weighted by molar-refractivity contribution is -0.133. The van der Waals surface area contributed by atoms with Crippen molar-refractivity contribution in [3.05, 3.63) is 12.7 Å². The van der Waals surface area contributed by atoms with Crippen LogP contribution in [0, 0.1) is 0 Å². The van der Waals surface area contributed by atoms with E-state index in [1.165, 1.54) is 0 Å². The number of thioether (sulfide) groups is 1. The predicted molar refractivity (Wildman–Crippen MR) is 52.8 cm³/mol. The van der Waals surface area contributed by atoms with Gasteiger partial charge in [0.15, 0.2) is 0 Å². The quantitative estimate of drug-likeness (QED) is 0.617. The molecule has 13 heavy (non-hydrogen) atoms. The van der Waals surface area contributed by atoms with E-state index in [1.54, 1.807) is 13.0 Å². The van der Waals surface area contributed by atoms with Gasteiger partial charge in [-0.1, -0.05) is 6.08 Å². The van der Waals surface area contributed by atoms with Crippen molar-refractivity contribution in [2.45, 2.75) is 12.2 Å². The Morgan fingerprint density at radius 3 is 2.77 bits per heavy atom. The van der Waals surface area contributed by atoms with E-state index in [2.05, 4.69) is 11.9 Å². The Morgan fingerprint density at radius 2 is 2.31 bits per heavy atom. The van der Waals surface area contributed by atoms with Crippen molar-refractivity contribution < 1.29 is 14.7 Å². The summed E-state index contributed by atoms with van der Waals surface area (Å²) < 4.78 is 0. The highest BCUT2D eigenvalue weighted by atomic mass is 32.2. The predicted octanol–water partition coefficient (Wildman–Crippen LogP) is 0.495. The molecule has 0 aromatic heterocycles. The first-order valence-electron chi connectivity index (χ1n) is 3.80. The second-order valence-electron chi connectivity index (χ2n) is 2.38. The molecule has 0 bridgehead atoms. The van der Waals surface area contributed by atoms with Gasteiger partial charge < -0.3 is 10.4 Å². The van der Waals surface area contributed by atoms with Crippen molar-refractivity contribution in [1.29, 1.82) is 0 Å². The number of carbonyl (C=O) groups excluding carboxylic acids is 1. The van der Waals surface area contributed by atoms with E-state index >= 15 is 0 Å². The molecule has 1 amide bonds. The number of hydrogen-bond donors (Lipinski definition) is 2. The normalized spacial score (nSPS) is 11.8. The molecule has 1 atom stereocenters. The van der Waals surface area contributed by atoms with Gasteiger partial charge in [-0.2, -0.15) is 0 Å². The fourth-order valence-corrected chi connectivity index (χ4v) is 1.22. The number of nitrogens with one attached hydrogen (secondary N) is 1. The average molecular weight is 203 g/mol. The fraction of sp³-hybridized carbons (Fsp3) is 0.500. The molecule has 0 aromatic carbocycles. The molecule has 0 saturated heterocycles. The van der Waals surface area contributed by atoms with Gasteiger partial charge in [0.2, 0.25) is 5.91 Å². The van der Waals surface area contributed by atoms with Crippen LogP contribution in [0.2, 0.25) is 0 Å². The maximum atomic E-state index is 11.1. The smallest absolute Gasteiger partial charge is 0.313 e. The SMILES string of the molecule is C=CCNC(=O)C(C)SCC(=O)O.